The molecule has 0 spiro atoms. The number of methoxy groups -OCH3 is 1. The average molecular weight is 239 g/mol. The summed E-state index contributed by atoms with van der Waals surface area (Å²) < 4.78 is 5.20. The van der Waals surface area contributed by atoms with Crippen LogP contribution in [-0.2, 0) is 0 Å². The van der Waals surface area contributed by atoms with Crippen LogP contribution in [0.15, 0.2) is 36.7 Å². The highest BCUT2D eigenvalue weighted by Crippen LogP contribution is 2.25. The van der Waals surface area contributed by atoms with Crippen LogP contribution in [0.4, 0.5) is 0 Å². The fourth-order valence-corrected chi connectivity index (χ4v) is 1.98. The SMILES string of the molecule is COc1ccc2nc(-c3ccncc3C)[nH]c2c1. The van der Waals surface area contributed by atoms with E-state index in [-0.39, 0.29) is 0 Å². The van der Waals surface area contributed by atoms with Crippen LogP contribution in [0.1, 0.15) is 5.56 Å². The maximum atomic E-state index is 5.20. The van der Waals surface area contributed by atoms with Crippen LogP contribution in [0.25, 0.3) is 22.4 Å². The minimum absolute atomic E-state index is 0.823. The molecule has 0 radical (unpaired) electrons. The van der Waals surface area contributed by atoms with Crippen LogP contribution in [0.3, 0.4) is 0 Å². The van der Waals surface area contributed by atoms with Crippen molar-refractivity contribution in [2.75, 3.05) is 7.11 Å². The van der Waals surface area contributed by atoms with Crippen molar-refractivity contribution >= 4 is 11.0 Å². The lowest BCUT2D eigenvalue weighted by Crippen LogP contribution is -1.85. The number of aromatic nitrogens is 3. The standard InChI is InChI=1S/C14H13N3O/c1-9-8-15-6-5-11(9)14-16-12-4-3-10(18-2)7-13(12)17-14/h3-8H,1-2H3,(H,16,17). The first kappa shape index (κ1) is 10.8. The third kappa shape index (κ3) is 1.72. The van der Waals surface area contributed by atoms with Crippen molar-refractivity contribution in [1.29, 1.82) is 0 Å². The van der Waals surface area contributed by atoms with Crippen molar-refractivity contribution in [3.05, 3.63) is 42.2 Å². The van der Waals surface area contributed by atoms with Gasteiger partial charge in [-0.2, -0.15) is 0 Å². The van der Waals surface area contributed by atoms with E-state index in [0.29, 0.717) is 0 Å². The van der Waals surface area contributed by atoms with Crippen LogP contribution in [-0.4, -0.2) is 22.1 Å². The molecule has 0 saturated carbocycles. The Bertz CT molecular complexity index is 703. The van der Waals surface area contributed by atoms with Gasteiger partial charge < -0.3 is 9.72 Å². The largest absolute Gasteiger partial charge is 0.497 e. The zero-order chi connectivity index (χ0) is 12.5. The zero-order valence-corrected chi connectivity index (χ0v) is 10.3. The number of H-pyrrole nitrogens is 1. The first-order chi connectivity index (χ1) is 8.78. The van der Waals surface area contributed by atoms with E-state index in [1.807, 2.05) is 37.4 Å². The van der Waals surface area contributed by atoms with Gasteiger partial charge in [0, 0.05) is 24.0 Å². The molecule has 3 rings (SSSR count). The quantitative estimate of drug-likeness (QED) is 0.748. The Balaban J connectivity index is 2.17. The molecule has 0 unspecified atom stereocenters. The number of hydrogen-bond acceptors (Lipinski definition) is 3. The lowest BCUT2D eigenvalue weighted by atomic mass is 10.1. The van der Waals surface area contributed by atoms with Crippen LogP contribution in [0.2, 0.25) is 0 Å². The van der Waals surface area contributed by atoms with Crippen LogP contribution >= 0.6 is 0 Å². The van der Waals surface area contributed by atoms with Crippen molar-refractivity contribution in [3.63, 3.8) is 0 Å². The zero-order valence-electron chi connectivity index (χ0n) is 10.3. The van der Waals surface area contributed by atoms with Crippen LogP contribution < -0.4 is 4.74 Å². The summed E-state index contributed by atoms with van der Waals surface area (Å²) in [6.07, 6.45) is 3.61. The minimum atomic E-state index is 0.823. The minimum Gasteiger partial charge on any atom is -0.497 e. The number of imidazole rings is 1. The summed E-state index contributed by atoms with van der Waals surface area (Å²) in [6.45, 7) is 2.02. The highest BCUT2D eigenvalue weighted by Gasteiger charge is 2.08. The molecule has 0 aliphatic rings. The highest BCUT2D eigenvalue weighted by molar-refractivity contribution is 5.81. The van der Waals surface area contributed by atoms with Gasteiger partial charge in [-0.3, -0.25) is 4.98 Å². The molecule has 0 bridgehead atoms. The lowest BCUT2D eigenvalue weighted by Gasteiger charge is -1.99. The Kier molecular flexibility index (Phi) is 2.48. The lowest BCUT2D eigenvalue weighted by molar-refractivity contribution is 0.415. The van der Waals surface area contributed by atoms with E-state index in [9.17, 15) is 0 Å². The van der Waals surface area contributed by atoms with E-state index in [1.54, 1.807) is 13.3 Å². The van der Waals surface area contributed by atoms with Crippen molar-refractivity contribution in [2.45, 2.75) is 6.92 Å². The summed E-state index contributed by atoms with van der Waals surface area (Å²) in [6, 6.07) is 7.77. The van der Waals surface area contributed by atoms with Crippen LogP contribution in [0, 0.1) is 6.92 Å². The van der Waals surface area contributed by atoms with E-state index < -0.39 is 0 Å². The molecule has 0 aliphatic carbocycles. The third-order valence-electron chi connectivity index (χ3n) is 2.96. The van der Waals surface area contributed by atoms with E-state index in [2.05, 4.69) is 15.0 Å². The molecule has 2 aromatic heterocycles. The first-order valence-corrected chi connectivity index (χ1v) is 5.72. The van der Waals surface area contributed by atoms with Gasteiger partial charge in [-0.1, -0.05) is 0 Å². The molecule has 1 aromatic carbocycles. The van der Waals surface area contributed by atoms with Gasteiger partial charge in [0.15, 0.2) is 0 Å². The van der Waals surface area contributed by atoms with E-state index in [1.165, 1.54) is 0 Å². The van der Waals surface area contributed by atoms with Crippen LogP contribution in [0.5, 0.6) is 5.75 Å². The molecule has 0 amide bonds. The average Bonchev–Trinajstić information content (AvgIpc) is 2.81. The van der Waals surface area contributed by atoms with Gasteiger partial charge in [0.25, 0.3) is 0 Å². The molecule has 0 atom stereocenters. The van der Waals surface area contributed by atoms with E-state index in [4.69, 9.17) is 4.74 Å². The van der Waals surface area contributed by atoms with Gasteiger partial charge in [-0.15, -0.1) is 0 Å². The summed E-state index contributed by atoms with van der Waals surface area (Å²) in [7, 11) is 1.66. The van der Waals surface area contributed by atoms with Gasteiger partial charge in [-0.05, 0) is 30.7 Å². The molecule has 0 aliphatic heterocycles. The molecule has 2 heterocycles. The summed E-state index contributed by atoms with van der Waals surface area (Å²) >= 11 is 0. The highest BCUT2D eigenvalue weighted by atomic mass is 16.5. The molecule has 4 nitrogen and oxygen atoms in total. The van der Waals surface area contributed by atoms with Crippen molar-refractivity contribution < 1.29 is 4.74 Å². The number of nitrogens with zero attached hydrogens (tertiary/aromatic N) is 2. The fraction of sp³-hybridized carbons (Fsp3) is 0.143. The van der Waals surface area contributed by atoms with Gasteiger partial charge in [0.05, 0.1) is 18.1 Å². The number of rotatable bonds is 2. The van der Waals surface area contributed by atoms with Gasteiger partial charge in [0.1, 0.15) is 11.6 Å². The smallest absolute Gasteiger partial charge is 0.138 e. The Labute approximate surface area is 105 Å². The molecule has 18 heavy (non-hydrogen) atoms. The van der Waals surface area contributed by atoms with Gasteiger partial charge in [0.2, 0.25) is 0 Å². The Hall–Kier alpha value is -2.36. The van der Waals surface area contributed by atoms with Crippen molar-refractivity contribution in [2.24, 2.45) is 0 Å². The number of fused-ring (bicyclic) bond motifs is 1. The molecule has 1 N–H and O–H groups in total. The first-order valence-electron chi connectivity index (χ1n) is 5.72. The topological polar surface area (TPSA) is 50.8 Å². The fourth-order valence-electron chi connectivity index (χ4n) is 1.98. The second-order valence-corrected chi connectivity index (χ2v) is 4.16. The maximum absolute atomic E-state index is 5.20. The molecule has 4 heteroatoms. The Morgan fingerprint density at radius 3 is 2.89 bits per heavy atom. The number of aromatic amines is 1. The number of aryl methyl sites for hydroxylation is 1. The van der Waals surface area contributed by atoms with Crippen molar-refractivity contribution in [1.82, 2.24) is 15.0 Å². The second-order valence-electron chi connectivity index (χ2n) is 4.16. The summed E-state index contributed by atoms with van der Waals surface area (Å²) in [5.74, 6) is 1.68. The van der Waals surface area contributed by atoms with Crippen molar-refractivity contribution in [3.8, 4) is 17.1 Å². The molecular weight excluding hydrogens is 226 g/mol. The summed E-state index contributed by atoms with van der Waals surface area (Å²) in [5, 5.41) is 0. The Morgan fingerprint density at radius 1 is 1.22 bits per heavy atom. The number of ether oxygens (including phenoxy) is 1. The van der Waals surface area contributed by atoms with Gasteiger partial charge in [-0.25, -0.2) is 4.98 Å². The molecule has 90 valence electrons. The summed E-state index contributed by atoms with van der Waals surface area (Å²) in [5.41, 5.74) is 4.08. The molecular formula is C14H13N3O. The third-order valence-corrected chi connectivity index (χ3v) is 2.96. The predicted molar refractivity (Wildman–Crippen MR) is 70.6 cm³/mol. The number of nitrogens with one attached hydrogen (secondary N) is 1. The predicted octanol–water partition coefficient (Wildman–Crippen LogP) is 2.94. The number of pyridine rings is 1. The second kappa shape index (κ2) is 4.14. The molecule has 0 fully saturated rings. The number of benzene rings is 1. The maximum Gasteiger partial charge on any atom is 0.138 e. The summed E-state index contributed by atoms with van der Waals surface area (Å²) in [4.78, 5) is 12.0. The number of hydrogen-bond donors (Lipinski definition) is 1. The van der Waals surface area contributed by atoms with Gasteiger partial charge >= 0.3 is 0 Å². The Morgan fingerprint density at radius 2 is 2.11 bits per heavy atom. The van der Waals surface area contributed by atoms with E-state index in [0.717, 1.165) is 33.7 Å². The molecule has 3 aromatic rings. The molecule has 0 saturated heterocycles. The normalized spacial score (nSPS) is 10.8. The van der Waals surface area contributed by atoms with E-state index >= 15 is 0 Å². The monoisotopic (exact) mass is 239 g/mol.